The molecule has 2 amide bonds. The van der Waals surface area contributed by atoms with Gasteiger partial charge >= 0.3 is 0 Å². The minimum Gasteiger partial charge on any atom is -0.497 e. The van der Waals surface area contributed by atoms with Crippen molar-refractivity contribution in [3.63, 3.8) is 0 Å². The minimum atomic E-state index is -0.0798. The van der Waals surface area contributed by atoms with E-state index in [1.54, 1.807) is 13.2 Å². The van der Waals surface area contributed by atoms with Gasteiger partial charge in [-0.05, 0) is 36.2 Å². The third-order valence-corrected chi connectivity index (χ3v) is 5.91. The molecule has 1 fully saturated rings. The van der Waals surface area contributed by atoms with Gasteiger partial charge in [0.2, 0.25) is 11.8 Å². The summed E-state index contributed by atoms with van der Waals surface area (Å²) in [6.07, 6.45) is 2.03. The van der Waals surface area contributed by atoms with E-state index < -0.39 is 0 Å². The molecule has 0 radical (unpaired) electrons. The van der Waals surface area contributed by atoms with Gasteiger partial charge in [0.1, 0.15) is 5.75 Å². The highest BCUT2D eigenvalue weighted by Gasteiger charge is 2.22. The van der Waals surface area contributed by atoms with Gasteiger partial charge in [-0.25, -0.2) is 0 Å². The van der Waals surface area contributed by atoms with Crippen LogP contribution in [0.4, 0.5) is 5.69 Å². The molecule has 0 spiro atoms. The maximum absolute atomic E-state index is 12.6. The molecule has 2 aliphatic heterocycles. The molecule has 2 aromatic rings. The Labute approximate surface area is 194 Å². The van der Waals surface area contributed by atoms with Crippen LogP contribution in [-0.2, 0) is 16.0 Å². The molecule has 1 saturated heterocycles. The molecule has 0 aliphatic carbocycles. The number of carbonyl (C=O) groups excluding carboxylic acids is 2. The normalized spacial score (nSPS) is 16.1. The van der Waals surface area contributed by atoms with Gasteiger partial charge in [-0.3, -0.25) is 14.5 Å². The van der Waals surface area contributed by atoms with Crippen LogP contribution in [0.3, 0.4) is 0 Å². The summed E-state index contributed by atoms with van der Waals surface area (Å²) in [6, 6.07) is 13.3. The molecule has 33 heavy (non-hydrogen) atoms. The third-order valence-electron chi connectivity index (χ3n) is 5.91. The molecule has 4 rings (SSSR count). The van der Waals surface area contributed by atoms with Crippen molar-refractivity contribution in [1.82, 2.24) is 9.80 Å². The number of hydrogen-bond acceptors (Lipinski definition) is 6. The van der Waals surface area contributed by atoms with E-state index >= 15 is 0 Å². The number of piperazine rings is 1. The average Bonchev–Trinajstić information content (AvgIpc) is 3.08. The van der Waals surface area contributed by atoms with E-state index in [-0.39, 0.29) is 11.8 Å². The fourth-order valence-corrected chi connectivity index (χ4v) is 4.00. The fourth-order valence-electron chi connectivity index (χ4n) is 4.00. The first kappa shape index (κ1) is 22.9. The van der Waals surface area contributed by atoms with Crippen molar-refractivity contribution in [2.45, 2.75) is 19.3 Å². The monoisotopic (exact) mass is 453 g/mol. The van der Waals surface area contributed by atoms with E-state index in [2.05, 4.69) is 10.2 Å². The first-order valence-electron chi connectivity index (χ1n) is 11.4. The summed E-state index contributed by atoms with van der Waals surface area (Å²) >= 11 is 0. The number of amides is 2. The Morgan fingerprint density at radius 2 is 1.70 bits per heavy atom. The lowest BCUT2D eigenvalue weighted by atomic mass is 10.1. The standard InChI is InChI=1S/C25H31N3O5/c1-31-21-7-3-19(4-8-21)5-10-25(30)28-13-11-27(12-14-28)18-24(29)26-20-6-9-22-23(17-20)33-16-2-15-32-22/h3-4,6-9,17H,2,5,10-16,18H2,1H3,(H,26,29). The first-order chi connectivity index (χ1) is 16.1. The molecule has 0 atom stereocenters. The second-order valence-corrected chi connectivity index (χ2v) is 8.27. The highest BCUT2D eigenvalue weighted by atomic mass is 16.5. The SMILES string of the molecule is COc1ccc(CCC(=O)N2CCN(CC(=O)Nc3ccc4c(c3)OCCCO4)CC2)cc1. The molecule has 8 heteroatoms. The average molecular weight is 454 g/mol. The summed E-state index contributed by atoms with van der Waals surface area (Å²) in [6.45, 7) is 4.17. The number of ether oxygens (including phenoxy) is 3. The molecule has 8 nitrogen and oxygen atoms in total. The van der Waals surface area contributed by atoms with Crippen LogP contribution in [0.2, 0.25) is 0 Å². The third kappa shape index (κ3) is 6.38. The van der Waals surface area contributed by atoms with Gasteiger partial charge in [0.05, 0.1) is 26.9 Å². The van der Waals surface area contributed by atoms with E-state index in [1.807, 2.05) is 41.3 Å². The zero-order chi connectivity index (χ0) is 23.0. The second kappa shape index (κ2) is 11.0. The van der Waals surface area contributed by atoms with Crippen LogP contribution in [0.15, 0.2) is 42.5 Å². The smallest absolute Gasteiger partial charge is 0.238 e. The van der Waals surface area contributed by atoms with Crippen molar-refractivity contribution in [3.05, 3.63) is 48.0 Å². The molecule has 0 bridgehead atoms. The summed E-state index contributed by atoms with van der Waals surface area (Å²) < 4.78 is 16.5. The first-order valence-corrected chi connectivity index (χ1v) is 11.4. The molecule has 176 valence electrons. The lowest BCUT2D eigenvalue weighted by Crippen LogP contribution is -2.50. The minimum absolute atomic E-state index is 0.0798. The zero-order valence-corrected chi connectivity index (χ0v) is 19.0. The molecular formula is C25H31N3O5. The number of nitrogens with one attached hydrogen (secondary N) is 1. The van der Waals surface area contributed by atoms with Gasteiger partial charge in [-0.2, -0.15) is 0 Å². The van der Waals surface area contributed by atoms with Gasteiger partial charge in [0, 0.05) is 50.8 Å². The predicted octanol–water partition coefficient (Wildman–Crippen LogP) is 2.57. The van der Waals surface area contributed by atoms with Gasteiger partial charge in [-0.1, -0.05) is 12.1 Å². The zero-order valence-electron chi connectivity index (χ0n) is 19.0. The Kier molecular flexibility index (Phi) is 7.67. The number of anilines is 1. The topological polar surface area (TPSA) is 80.3 Å². The van der Waals surface area contributed by atoms with Gasteiger partial charge in [0.15, 0.2) is 11.5 Å². The molecule has 2 aliphatic rings. The van der Waals surface area contributed by atoms with Crippen molar-refractivity contribution in [2.75, 3.05) is 58.4 Å². The van der Waals surface area contributed by atoms with E-state index in [4.69, 9.17) is 14.2 Å². The van der Waals surface area contributed by atoms with E-state index in [1.165, 1.54) is 0 Å². The van der Waals surface area contributed by atoms with Crippen LogP contribution in [0.25, 0.3) is 0 Å². The second-order valence-electron chi connectivity index (χ2n) is 8.27. The van der Waals surface area contributed by atoms with Gasteiger partial charge in [0.25, 0.3) is 0 Å². The quantitative estimate of drug-likeness (QED) is 0.694. The lowest BCUT2D eigenvalue weighted by molar-refractivity contribution is -0.133. The van der Waals surface area contributed by atoms with Crippen LogP contribution in [0, 0.1) is 0 Å². The molecule has 2 heterocycles. The maximum Gasteiger partial charge on any atom is 0.238 e. The van der Waals surface area contributed by atoms with Crippen molar-refractivity contribution in [2.24, 2.45) is 0 Å². The Balaban J connectivity index is 1.19. The number of hydrogen-bond donors (Lipinski definition) is 1. The van der Waals surface area contributed by atoms with Crippen LogP contribution >= 0.6 is 0 Å². The predicted molar refractivity (Wildman–Crippen MR) is 125 cm³/mol. The number of benzene rings is 2. The fraction of sp³-hybridized carbons (Fsp3) is 0.440. The van der Waals surface area contributed by atoms with E-state index in [9.17, 15) is 9.59 Å². The molecular weight excluding hydrogens is 422 g/mol. The molecule has 1 N–H and O–H groups in total. The number of methoxy groups -OCH3 is 1. The summed E-state index contributed by atoms with van der Waals surface area (Å²) in [7, 11) is 1.64. The largest absolute Gasteiger partial charge is 0.497 e. The Hall–Kier alpha value is -3.26. The van der Waals surface area contributed by atoms with Crippen LogP contribution in [0.5, 0.6) is 17.2 Å². The summed E-state index contributed by atoms with van der Waals surface area (Å²) in [5, 5.41) is 2.93. The van der Waals surface area contributed by atoms with Crippen LogP contribution < -0.4 is 19.5 Å². The van der Waals surface area contributed by atoms with Gasteiger partial charge < -0.3 is 24.4 Å². The highest BCUT2D eigenvalue weighted by molar-refractivity contribution is 5.92. The number of aryl methyl sites for hydroxylation is 1. The summed E-state index contributed by atoms with van der Waals surface area (Å²) in [5.41, 5.74) is 1.81. The highest BCUT2D eigenvalue weighted by Crippen LogP contribution is 2.32. The van der Waals surface area contributed by atoms with Gasteiger partial charge in [-0.15, -0.1) is 0 Å². The van der Waals surface area contributed by atoms with E-state index in [0.717, 1.165) is 17.7 Å². The molecule has 0 aromatic heterocycles. The molecule has 2 aromatic carbocycles. The van der Waals surface area contributed by atoms with Crippen LogP contribution in [-0.4, -0.2) is 74.7 Å². The Morgan fingerprint density at radius 3 is 2.42 bits per heavy atom. The summed E-state index contributed by atoms with van der Waals surface area (Å²) in [4.78, 5) is 29.1. The van der Waals surface area contributed by atoms with Crippen molar-refractivity contribution >= 4 is 17.5 Å². The Morgan fingerprint density at radius 1 is 0.970 bits per heavy atom. The number of nitrogens with zero attached hydrogens (tertiary/aromatic N) is 2. The number of fused-ring (bicyclic) bond motifs is 1. The van der Waals surface area contributed by atoms with Crippen LogP contribution in [0.1, 0.15) is 18.4 Å². The number of carbonyl (C=O) groups is 2. The summed E-state index contributed by atoms with van der Waals surface area (Å²) in [5.74, 6) is 2.26. The van der Waals surface area contributed by atoms with Crippen molar-refractivity contribution < 1.29 is 23.8 Å². The van der Waals surface area contributed by atoms with E-state index in [0.29, 0.717) is 76.0 Å². The molecule has 0 saturated carbocycles. The maximum atomic E-state index is 12.6. The number of rotatable bonds is 7. The lowest BCUT2D eigenvalue weighted by Gasteiger charge is -2.34. The van der Waals surface area contributed by atoms with Crippen molar-refractivity contribution in [3.8, 4) is 17.2 Å². The molecule has 0 unspecified atom stereocenters. The van der Waals surface area contributed by atoms with Crippen molar-refractivity contribution in [1.29, 1.82) is 0 Å². The Bertz CT molecular complexity index is 955.